The number of rotatable bonds is 2. The number of fused-ring (bicyclic) bond motifs is 1. The molecule has 2 aliphatic rings. The molecule has 0 spiro atoms. The van der Waals surface area contributed by atoms with Crippen molar-refractivity contribution in [2.45, 2.75) is 25.7 Å². The van der Waals surface area contributed by atoms with E-state index in [0.29, 0.717) is 18.4 Å². The zero-order valence-electron chi connectivity index (χ0n) is 11.6. The highest BCUT2D eigenvalue weighted by Crippen LogP contribution is 2.27. The number of carbonyl (C=O) groups is 2. The predicted molar refractivity (Wildman–Crippen MR) is 79.1 cm³/mol. The molecular weight excluding hydrogens is 290 g/mol. The van der Waals surface area contributed by atoms with Gasteiger partial charge < -0.3 is 5.32 Å². The fourth-order valence-electron chi connectivity index (χ4n) is 2.97. The number of carbonyl (C=O) groups excluding carboxylic acids is 2. The molecule has 6 heteroatoms. The molecular formula is C15H17NO4S. The molecule has 1 saturated heterocycles. The van der Waals surface area contributed by atoms with Gasteiger partial charge in [0.05, 0.1) is 11.5 Å². The van der Waals surface area contributed by atoms with Crippen molar-refractivity contribution in [1.29, 1.82) is 0 Å². The van der Waals surface area contributed by atoms with E-state index in [2.05, 4.69) is 5.32 Å². The number of amides is 1. The highest BCUT2D eigenvalue weighted by Gasteiger charge is 2.33. The summed E-state index contributed by atoms with van der Waals surface area (Å²) < 4.78 is 23.0. The van der Waals surface area contributed by atoms with Gasteiger partial charge in [-0.25, -0.2) is 8.42 Å². The molecule has 0 saturated carbocycles. The lowest BCUT2D eigenvalue weighted by atomic mass is 9.94. The highest BCUT2D eigenvalue weighted by atomic mass is 32.2. The van der Waals surface area contributed by atoms with Crippen LogP contribution >= 0.6 is 0 Å². The Morgan fingerprint density at radius 3 is 2.76 bits per heavy atom. The fraction of sp³-hybridized carbons (Fsp3) is 0.467. The molecule has 0 bridgehead atoms. The van der Waals surface area contributed by atoms with Gasteiger partial charge in [0, 0.05) is 23.6 Å². The minimum atomic E-state index is -3.06. The average Bonchev–Trinajstić information content (AvgIpc) is 2.69. The lowest BCUT2D eigenvalue weighted by Gasteiger charge is -2.11. The van der Waals surface area contributed by atoms with Crippen molar-refractivity contribution in [1.82, 2.24) is 0 Å². The van der Waals surface area contributed by atoms with E-state index in [0.717, 1.165) is 24.1 Å². The van der Waals surface area contributed by atoms with E-state index in [1.165, 1.54) is 0 Å². The Morgan fingerprint density at radius 2 is 2.05 bits per heavy atom. The Bertz CT molecular complexity index is 708. The minimum absolute atomic E-state index is 0.00490. The Labute approximate surface area is 123 Å². The average molecular weight is 307 g/mol. The van der Waals surface area contributed by atoms with Gasteiger partial charge in [-0.05, 0) is 43.0 Å². The third kappa shape index (κ3) is 3.00. The zero-order chi connectivity index (χ0) is 15.0. The van der Waals surface area contributed by atoms with Crippen molar-refractivity contribution >= 4 is 27.2 Å². The second-order valence-corrected chi connectivity index (χ2v) is 7.97. The van der Waals surface area contributed by atoms with Crippen LogP contribution in [0, 0.1) is 5.92 Å². The SMILES string of the molecule is O=C1CCCc2cc(C(=O)C3CCS(=O)(=O)C3)ccc2N1. The maximum Gasteiger partial charge on any atom is 0.224 e. The highest BCUT2D eigenvalue weighted by molar-refractivity contribution is 7.91. The number of anilines is 1. The summed E-state index contributed by atoms with van der Waals surface area (Å²) in [6, 6.07) is 5.22. The number of Topliss-reactive ketones (excluding diaryl/α,β-unsaturated/α-hetero) is 1. The standard InChI is InChI=1S/C15H17NO4S/c17-14-3-1-2-10-8-11(4-5-13(10)16-14)15(18)12-6-7-21(19,20)9-12/h4-5,8,12H,1-3,6-7,9H2,(H,16,17). The molecule has 1 fully saturated rings. The van der Waals surface area contributed by atoms with Crippen LogP contribution in [0.1, 0.15) is 35.2 Å². The molecule has 1 N–H and O–H groups in total. The van der Waals surface area contributed by atoms with E-state index in [1.807, 2.05) is 0 Å². The second kappa shape index (κ2) is 5.26. The van der Waals surface area contributed by atoms with Crippen molar-refractivity contribution < 1.29 is 18.0 Å². The number of ketones is 1. The normalized spacial score (nSPS) is 24.0. The van der Waals surface area contributed by atoms with E-state index in [1.54, 1.807) is 18.2 Å². The Balaban J connectivity index is 1.85. The van der Waals surface area contributed by atoms with Crippen LogP contribution in [0.2, 0.25) is 0 Å². The molecule has 112 valence electrons. The third-order valence-corrected chi connectivity index (χ3v) is 5.88. The van der Waals surface area contributed by atoms with E-state index in [-0.39, 0.29) is 23.2 Å². The van der Waals surface area contributed by atoms with Gasteiger partial charge in [-0.1, -0.05) is 0 Å². The topological polar surface area (TPSA) is 80.3 Å². The van der Waals surface area contributed by atoms with Gasteiger partial charge in [0.25, 0.3) is 0 Å². The van der Waals surface area contributed by atoms with Crippen LogP contribution in [0.25, 0.3) is 0 Å². The molecule has 1 aromatic rings. The maximum atomic E-state index is 12.4. The Hall–Kier alpha value is -1.69. The largest absolute Gasteiger partial charge is 0.326 e. The van der Waals surface area contributed by atoms with Gasteiger partial charge in [-0.3, -0.25) is 9.59 Å². The van der Waals surface area contributed by atoms with E-state index in [9.17, 15) is 18.0 Å². The van der Waals surface area contributed by atoms with Crippen LogP contribution in [0.15, 0.2) is 18.2 Å². The van der Waals surface area contributed by atoms with Gasteiger partial charge >= 0.3 is 0 Å². The maximum absolute atomic E-state index is 12.4. The van der Waals surface area contributed by atoms with Gasteiger partial charge in [0.2, 0.25) is 5.91 Å². The summed E-state index contributed by atoms with van der Waals surface area (Å²) in [4.78, 5) is 23.9. The molecule has 0 aromatic heterocycles. The number of nitrogens with one attached hydrogen (secondary N) is 1. The summed E-state index contributed by atoms with van der Waals surface area (Å²) in [6.07, 6.45) is 2.40. The minimum Gasteiger partial charge on any atom is -0.326 e. The summed E-state index contributed by atoms with van der Waals surface area (Å²) >= 11 is 0. The number of hydrogen-bond acceptors (Lipinski definition) is 4. The molecule has 0 radical (unpaired) electrons. The van der Waals surface area contributed by atoms with E-state index in [4.69, 9.17) is 0 Å². The van der Waals surface area contributed by atoms with Crippen LogP contribution < -0.4 is 5.32 Å². The summed E-state index contributed by atoms with van der Waals surface area (Å²) in [5, 5.41) is 2.83. The number of hydrogen-bond donors (Lipinski definition) is 1. The first-order chi connectivity index (χ1) is 9.94. The van der Waals surface area contributed by atoms with Gasteiger partial charge in [-0.15, -0.1) is 0 Å². The predicted octanol–water partition coefficient (Wildman–Crippen LogP) is 1.58. The molecule has 1 atom stereocenters. The molecule has 2 aliphatic heterocycles. The number of aryl methyl sites for hydroxylation is 1. The van der Waals surface area contributed by atoms with Crippen LogP contribution in [0.5, 0.6) is 0 Å². The Morgan fingerprint density at radius 1 is 1.24 bits per heavy atom. The van der Waals surface area contributed by atoms with Gasteiger partial charge in [0.1, 0.15) is 0 Å². The lowest BCUT2D eigenvalue weighted by Crippen LogP contribution is -2.16. The van der Waals surface area contributed by atoms with Crippen molar-refractivity contribution in [3.8, 4) is 0 Å². The Kier molecular flexibility index (Phi) is 3.57. The monoisotopic (exact) mass is 307 g/mol. The van der Waals surface area contributed by atoms with Crippen LogP contribution in [-0.2, 0) is 21.1 Å². The van der Waals surface area contributed by atoms with Crippen molar-refractivity contribution in [3.63, 3.8) is 0 Å². The molecule has 5 nitrogen and oxygen atoms in total. The van der Waals surface area contributed by atoms with Crippen LogP contribution in [-0.4, -0.2) is 31.6 Å². The van der Waals surface area contributed by atoms with Crippen LogP contribution in [0.4, 0.5) is 5.69 Å². The molecule has 1 amide bonds. The third-order valence-electron chi connectivity index (χ3n) is 4.12. The fourth-order valence-corrected chi connectivity index (χ4v) is 4.71. The molecule has 0 aliphatic carbocycles. The summed E-state index contributed by atoms with van der Waals surface area (Å²) in [7, 11) is -3.06. The smallest absolute Gasteiger partial charge is 0.224 e. The quantitative estimate of drug-likeness (QED) is 0.841. The van der Waals surface area contributed by atoms with E-state index >= 15 is 0 Å². The summed E-state index contributed by atoms with van der Waals surface area (Å²) in [5.41, 5.74) is 2.26. The molecule has 2 heterocycles. The molecule has 1 aromatic carbocycles. The van der Waals surface area contributed by atoms with Crippen molar-refractivity contribution in [2.24, 2.45) is 5.92 Å². The summed E-state index contributed by atoms with van der Waals surface area (Å²) in [6.45, 7) is 0. The number of benzene rings is 1. The lowest BCUT2D eigenvalue weighted by molar-refractivity contribution is -0.116. The first-order valence-corrected chi connectivity index (χ1v) is 8.94. The molecule has 3 rings (SSSR count). The zero-order valence-corrected chi connectivity index (χ0v) is 12.4. The van der Waals surface area contributed by atoms with Gasteiger partial charge in [-0.2, -0.15) is 0 Å². The summed E-state index contributed by atoms with van der Waals surface area (Å²) in [5.74, 6) is -0.470. The second-order valence-electron chi connectivity index (χ2n) is 5.74. The molecule has 1 unspecified atom stereocenters. The van der Waals surface area contributed by atoms with Crippen molar-refractivity contribution in [2.75, 3.05) is 16.8 Å². The van der Waals surface area contributed by atoms with Crippen molar-refractivity contribution in [3.05, 3.63) is 29.3 Å². The first-order valence-electron chi connectivity index (χ1n) is 7.12. The van der Waals surface area contributed by atoms with E-state index < -0.39 is 15.8 Å². The molecule has 21 heavy (non-hydrogen) atoms. The van der Waals surface area contributed by atoms with Crippen LogP contribution in [0.3, 0.4) is 0 Å². The number of sulfone groups is 1. The van der Waals surface area contributed by atoms with Gasteiger partial charge in [0.15, 0.2) is 15.6 Å². The first kappa shape index (κ1) is 14.3.